The molecule has 0 aromatic heterocycles. The van der Waals surface area contributed by atoms with E-state index in [0.717, 1.165) is 0 Å². The lowest BCUT2D eigenvalue weighted by Crippen LogP contribution is -2.71. The molecule has 290 valence electrons. The van der Waals surface area contributed by atoms with Crippen molar-refractivity contribution in [3.63, 3.8) is 0 Å². The Labute approximate surface area is 285 Å². The first-order valence-corrected chi connectivity index (χ1v) is 22.1. The van der Waals surface area contributed by atoms with Gasteiger partial charge in [-0.25, -0.2) is 31.9 Å². The minimum absolute atomic E-state index is 0.207. The van der Waals surface area contributed by atoms with E-state index < -0.39 is 96.5 Å². The first kappa shape index (κ1) is 44.5. The van der Waals surface area contributed by atoms with Gasteiger partial charge >= 0.3 is 46.9 Å². The van der Waals surface area contributed by atoms with Crippen LogP contribution in [0.2, 0.25) is 0 Å². The van der Waals surface area contributed by atoms with Crippen LogP contribution in [0.25, 0.3) is 0 Å². The Bertz CT molecular complexity index is 1710. The Balaban J connectivity index is 2.06. The molecule has 0 spiro atoms. The van der Waals surface area contributed by atoms with E-state index in [1.807, 2.05) is 0 Å². The molecule has 0 bridgehead atoms. The number of aliphatic hydroxyl groups is 6. The van der Waals surface area contributed by atoms with Crippen LogP contribution < -0.4 is 0 Å². The average Bonchev–Trinajstić information content (AvgIpc) is 2.98. The molecule has 2 aromatic rings. The molecule has 3 rings (SSSR count). The van der Waals surface area contributed by atoms with Gasteiger partial charge in [0.05, 0.1) is 13.2 Å². The molecule has 0 heterocycles. The molecular formula is C20H30O25P6. The van der Waals surface area contributed by atoms with Crippen LogP contribution in [0.4, 0.5) is 0 Å². The second-order valence-corrected chi connectivity index (χ2v) is 19.5. The SMILES string of the molecule is O=P(O)(O)OP(=O)(O)OP(=O)(O)OP(=O)(O)OP(=O)(O[C@]1(O)[C@H](O)[C@H](O)[C@@H](O)[C@H](O)[C@H]1O)OP(=O)(OCc1ccccc1)OCc1ccccc1. The van der Waals surface area contributed by atoms with Crippen LogP contribution in [-0.4, -0.2) is 91.4 Å². The molecule has 10 atom stereocenters. The molecule has 0 amide bonds. The van der Waals surface area contributed by atoms with Crippen molar-refractivity contribution in [2.24, 2.45) is 0 Å². The highest BCUT2D eigenvalue weighted by Crippen LogP contribution is 2.77. The summed E-state index contributed by atoms with van der Waals surface area (Å²) in [7, 11) is -38.2. The number of benzene rings is 2. The fourth-order valence-corrected chi connectivity index (χ4v) is 12.4. The van der Waals surface area contributed by atoms with E-state index in [0.29, 0.717) is 0 Å². The normalized spacial score (nSPS) is 29.3. The average molecular weight is 856 g/mol. The van der Waals surface area contributed by atoms with Gasteiger partial charge in [0.1, 0.15) is 30.5 Å². The van der Waals surface area contributed by atoms with Crippen molar-refractivity contribution in [1.29, 1.82) is 0 Å². The summed E-state index contributed by atoms with van der Waals surface area (Å²) in [4.78, 5) is 46.5. The van der Waals surface area contributed by atoms with Gasteiger partial charge in [-0.2, -0.15) is 21.6 Å². The summed E-state index contributed by atoms with van der Waals surface area (Å²) in [6.45, 7) is -1.52. The number of hydrogen-bond acceptors (Lipinski definition) is 20. The summed E-state index contributed by atoms with van der Waals surface area (Å²) < 4.78 is 110. The quantitative estimate of drug-likeness (QED) is 0.0723. The first-order chi connectivity index (χ1) is 23.2. The van der Waals surface area contributed by atoms with Gasteiger partial charge in [0.2, 0.25) is 5.79 Å². The molecule has 1 aliphatic rings. The van der Waals surface area contributed by atoms with Crippen LogP contribution in [-0.2, 0) is 75.7 Å². The third-order valence-corrected chi connectivity index (χ3v) is 15.6. The lowest BCUT2D eigenvalue weighted by Gasteiger charge is -2.47. The maximum absolute atomic E-state index is 14.0. The highest BCUT2D eigenvalue weighted by Gasteiger charge is 2.64. The zero-order valence-electron chi connectivity index (χ0n) is 24.9. The topological polar surface area (TPSA) is 399 Å². The van der Waals surface area contributed by atoms with Gasteiger partial charge < -0.3 is 55.1 Å². The van der Waals surface area contributed by atoms with E-state index in [1.165, 1.54) is 48.5 Å². The molecule has 51 heavy (non-hydrogen) atoms. The Hall–Kier alpha value is -0.940. The fourth-order valence-electron chi connectivity index (χ4n) is 3.80. The van der Waals surface area contributed by atoms with E-state index in [9.17, 15) is 72.7 Å². The molecule has 11 N–H and O–H groups in total. The number of aliphatic hydroxyl groups excluding tert-OH is 5. The summed E-state index contributed by atoms with van der Waals surface area (Å²) in [5.41, 5.74) is 0.414. The Kier molecular flexibility index (Phi) is 14.7. The lowest BCUT2D eigenvalue weighted by molar-refractivity contribution is -0.336. The van der Waals surface area contributed by atoms with E-state index in [4.69, 9.17) is 23.1 Å². The fraction of sp³-hybridized carbons (Fsp3) is 0.400. The Morgan fingerprint density at radius 3 is 1.27 bits per heavy atom. The van der Waals surface area contributed by atoms with Crippen molar-refractivity contribution < 1.29 is 118 Å². The molecule has 25 nitrogen and oxygen atoms in total. The van der Waals surface area contributed by atoms with Gasteiger partial charge in [-0.15, -0.1) is 0 Å². The molecule has 4 unspecified atom stereocenters. The first-order valence-electron chi connectivity index (χ1n) is 13.2. The predicted octanol–water partition coefficient (Wildman–Crippen LogP) is 0.636. The molecule has 0 saturated heterocycles. The second-order valence-electron chi connectivity index (χ2n) is 9.92. The van der Waals surface area contributed by atoms with Crippen LogP contribution in [0, 0.1) is 0 Å². The second kappa shape index (κ2) is 16.8. The predicted molar refractivity (Wildman–Crippen MR) is 161 cm³/mol. The van der Waals surface area contributed by atoms with Crippen LogP contribution in [0.1, 0.15) is 11.1 Å². The highest BCUT2D eigenvalue weighted by atomic mass is 31.3. The summed E-state index contributed by atoms with van der Waals surface area (Å²) in [5.74, 6) is -4.12. The number of phosphoric ester groups is 1. The van der Waals surface area contributed by atoms with Gasteiger partial charge in [0.15, 0.2) is 0 Å². The third-order valence-electron chi connectivity index (χ3n) is 5.94. The zero-order valence-corrected chi connectivity index (χ0v) is 30.3. The van der Waals surface area contributed by atoms with Crippen LogP contribution >= 0.6 is 46.9 Å². The van der Waals surface area contributed by atoms with Crippen molar-refractivity contribution in [1.82, 2.24) is 0 Å². The smallest absolute Gasteiger partial charge is 0.387 e. The lowest BCUT2D eigenvalue weighted by atomic mass is 9.82. The monoisotopic (exact) mass is 856 g/mol. The standard InChI is InChI=1S/C20H30O25P6/c21-15-16(22)18(24)20(26,19(25)17(15)23)40-51(37,44-49(34,35)43-48(32,33)42-47(30,31)41-46(27,28)29)45-50(36,38-11-13-7-3-1-4-8-13)39-12-14-9-5-2-6-10-14/h1-10,15-19,21-26H,11-12H2,(H,30,31)(H,32,33)(H,34,35)(H2,27,28,29)/t15-,16-,17+,18-,19-,20-,51?/m1/s1. The Morgan fingerprint density at radius 1 is 0.510 bits per heavy atom. The molecule has 0 aliphatic heterocycles. The third kappa shape index (κ3) is 13.1. The molecule has 1 fully saturated rings. The van der Waals surface area contributed by atoms with Crippen molar-refractivity contribution in [2.75, 3.05) is 0 Å². The van der Waals surface area contributed by atoms with Gasteiger partial charge in [-0.3, -0.25) is 9.05 Å². The maximum Gasteiger partial charge on any atom is 0.495 e. The minimum atomic E-state index is -6.81. The maximum atomic E-state index is 14.0. The van der Waals surface area contributed by atoms with Crippen molar-refractivity contribution in [3.05, 3.63) is 71.8 Å². The van der Waals surface area contributed by atoms with Gasteiger partial charge in [0.25, 0.3) is 0 Å². The summed E-state index contributed by atoms with van der Waals surface area (Å²) >= 11 is 0. The molecule has 1 aliphatic carbocycles. The van der Waals surface area contributed by atoms with E-state index in [2.05, 4.69) is 21.8 Å². The molecular weight excluding hydrogens is 826 g/mol. The van der Waals surface area contributed by atoms with Crippen LogP contribution in [0.15, 0.2) is 60.7 Å². The summed E-state index contributed by atoms with van der Waals surface area (Å²) in [6, 6.07) is 14.6. The van der Waals surface area contributed by atoms with Gasteiger partial charge in [-0.1, -0.05) is 60.7 Å². The molecule has 31 heteroatoms. The summed E-state index contributed by atoms with van der Waals surface area (Å²) in [6.07, 6.45) is -13.9. The molecule has 1 saturated carbocycles. The highest BCUT2D eigenvalue weighted by molar-refractivity contribution is 7.72. The number of rotatable bonds is 18. The van der Waals surface area contributed by atoms with E-state index in [-0.39, 0.29) is 11.1 Å². The van der Waals surface area contributed by atoms with Crippen LogP contribution in [0.3, 0.4) is 0 Å². The van der Waals surface area contributed by atoms with Crippen molar-refractivity contribution in [2.45, 2.75) is 49.5 Å². The number of phosphoric acid groups is 6. The van der Waals surface area contributed by atoms with Gasteiger partial charge in [-0.05, 0) is 11.1 Å². The summed E-state index contributed by atoms with van der Waals surface area (Å²) in [5, 5.41) is 61.8. The minimum Gasteiger partial charge on any atom is -0.387 e. The Morgan fingerprint density at radius 2 is 0.882 bits per heavy atom. The van der Waals surface area contributed by atoms with Gasteiger partial charge in [0, 0.05) is 0 Å². The van der Waals surface area contributed by atoms with E-state index in [1.54, 1.807) is 12.1 Å². The van der Waals surface area contributed by atoms with Crippen LogP contribution in [0.5, 0.6) is 0 Å². The zero-order chi connectivity index (χ0) is 38.7. The molecule has 2 aromatic carbocycles. The van der Waals surface area contributed by atoms with Crippen molar-refractivity contribution in [3.8, 4) is 0 Å². The van der Waals surface area contributed by atoms with E-state index >= 15 is 0 Å². The largest absolute Gasteiger partial charge is 0.495 e. The van der Waals surface area contributed by atoms with Crippen molar-refractivity contribution >= 4 is 46.9 Å². The molecule has 0 radical (unpaired) electrons. The number of hydrogen-bond donors (Lipinski definition) is 11.